The maximum Gasteiger partial charge on any atom is 0.305 e. The minimum Gasteiger partial charge on any atom is -0.481 e. The molecule has 1 heterocycles. The van der Waals surface area contributed by atoms with Gasteiger partial charge in [-0.1, -0.05) is 35.0 Å². The number of carboxylic acid groups (broad SMARTS) is 1. The molecule has 1 aromatic carbocycles. The Balaban J connectivity index is 2.46. The number of carboxylic acids is 1. The molecule has 2 aromatic rings. The number of nitrogens with one attached hydrogen (secondary N) is 1. The lowest BCUT2D eigenvalue weighted by Gasteiger charge is -2.19. The van der Waals surface area contributed by atoms with E-state index in [0.717, 1.165) is 33.9 Å². The third-order valence-corrected chi connectivity index (χ3v) is 3.83. The van der Waals surface area contributed by atoms with Gasteiger partial charge >= 0.3 is 5.97 Å². The third-order valence-electron chi connectivity index (χ3n) is 3.14. The number of aliphatic carboxylic acids is 1. The van der Waals surface area contributed by atoms with Gasteiger partial charge in [0, 0.05) is 22.1 Å². The van der Waals surface area contributed by atoms with Crippen LogP contribution in [0, 0.1) is 0 Å². The molecule has 0 bridgehead atoms. The molecule has 5 heteroatoms. The Bertz CT molecular complexity index is 616. The summed E-state index contributed by atoms with van der Waals surface area (Å²) in [5.41, 5.74) is 1.77. The molecule has 0 radical (unpaired) electrons. The van der Waals surface area contributed by atoms with Crippen molar-refractivity contribution in [2.75, 3.05) is 6.54 Å². The van der Waals surface area contributed by atoms with Crippen molar-refractivity contribution in [1.29, 1.82) is 0 Å². The predicted molar refractivity (Wildman–Crippen MR) is 82.7 cm³/mol. The van der Waals surface area contributed by atoms with Crippen LogP contribution in [0.4, 0.5) is 0 Å². The molecule has 106 valence electrons. The highest BCUT2D eigenvalue weighted by atomic mass is 79.9. The minimum atomic E-state index is -0.814. The van der Waals surface area contributed by atoms with E-state index in [4.69, 9.17) is 5.11 Å². The quantitative estimate of drug-likeness (QED) is 0.847. The van der Waals surface area contributed by atoms with Crippen LogP contribution in [0.25, 0.3) is 10.9 Å². The van der Waals surface area contributed by atoms with Gasteiger partial charge < -0.3 is 10.4 Å². The number of aromatic nitrogens is 1. The number of hydrogen-bond donors (Lipinski definition) is 2. The molecular formula is C15H17BrN2O2. The van der Waals surface area contributed by atoms with E-state index in [2.05, 4.69) is 33.2 Å². The molecule has 0 saturated carbocycles. The van der Waals surface area contributed by atoms with Crippen molar-refractivity contribution in [3.63, 3.8) is 0 Å². The van der Waals surface area contributed by atoms with Gasteiger partial charge in [-0.15, -0.1) is 0 Å². The van der Waals surface area contributed by atoms with Crippen LogP contribution in [0.1, 0.15) is 31.4 Å². The fourth-order valence-electron chi connectivity index (χ4n) is 2.23. The van der Waals surface area contributed by atoms with Crippen molar-refractivity contribution in [2.24, 2.45) is 0 Å². The molecule has 0 saturated heterocycles. The summed E-state index contributed by atoms with van der Waals surface area (Å²) < 4.78 is 0.967. The first-order valence-corrected chi connectivity index (χ1v) is 7.41. The highest BCUT2D eigenvalue weighted by molar-refractivity contribution is 9.10. The fourth-order valence-corrected chi connectivity index (χ4v) is 2.68. The van der Waals surface area contributed by atoms with Gasteiger partial charge in [-0.3, -0.25) is 9.78 Å². The molecule has 0 amide bonds. The molecule has 1 unspecified atom stereocenters. The van der Waals surface area contributed by atoms with Crippen LogP contribution < -0.4 is 5.32 Å². The molecule has 1 atom stereocenters. The average molecular weight is 337 g/mol. The van der Waals surface area contributed by atoms with E-state index in [1.165, 1.54) is 0 Å². The van der Waals surface area contributed by atoms with E-state index in [0.29, 0.717) is 0 Å². The van der Waals surface area contributed by atoms with Gasteiger partial charge in [-0.25, -0.2) is 0 Å². The van der Waals surface area contributed by atoms with Gasteiger partial charge in [-0.05, 0) is 30.7 Å². The van der Waals surface area contributed by atoms with E-state index < -0.39 is 5.97 Å². The molecule has 0 aliphatic carbocycles. The zero-order valence-corrected chi connectivity index (χ0v) is 12.9. The molecule has 2 N–H and O–H groups in total. The van der Waals surface area contributed by atoms with Crippen molar-refractivity contribution in [2.45, 2.75) is 25.8 Å². The number of benzene rings is 1. The lowest BCUT2D eigenvalue weighted by molar-refractivity contribution is -0.137. The highest BCUT2D eigenvalue weighted by Gasteiger charge is 2.18. The number of nitrogens with zero attached hydrogens (tertiary/aromatic N) is 1. The number of fused-ring (bicyclic) bond motifs is 1. The molecular weight excluding hydrogens is 320 g/mol. The first-order valence-electron chi connectivity index (χ1n) is 6.61. The molecule has 20 heavy (non-hydrogen) atoms. The molecule has 0 aliphatic heterocycles. The zero-order valence-electron chi connectivity index (χ0n) is 11.3. The van der Waals surface area contributed by atoms with Crippen LogP contribution in [-0.4, -0.2) is 22.6 Å². The monoisotopic (exact) mass is 336 g/mol. The lowest BCUT2D eigenvalue weighted by Crippen LogP contribution is -2.25. The van der Waals surface area contributed by atoms with Gasteiger partial charge in [0.25, 0.3) is 0 Å². The van der Waals surface area contributed by atoms with Crippen LogP contribution >= 0.6 is 15.9 Å². The SMILES string of the molecule is CCCNC(CC(=O)O)c1ccc(Br)c2cccnc12. The van der Waals surface area contributed by atoms with E-state index in [1.54, 1.807) is 6.20 Å². The predicted octanol–water partition coefficient (Wildman–Crippen LogP) is 3.51. The maximum atomic E-state index is 11.1. The molecule has 4 nitrogen and oxygen atoms in total. The van der Waals surface area contributed by atoms with E-state index in [1.807, 2.05) is 24.3 Å². The molecule has 1 aromatic heterocycles. The van der Waals surface area contributed by atoms with E-state index in [-0.39, 0.29) is 12.5 Å². The van der Waals surface area contributed by atoms with Gasteiger partial charge in [0.2, 0.25) is 0 Å². The number of pyridine rings is 1. The van der Waals surface area contributed by atoms with Crippen molar-refractivity contribution in [1.82, 2.24) is 10.3 Å². The summed E-state index contributed by atoms with van der Waals surface area (Å²) in [6.07, 6.45) is 2.74. The summed E-state index contributed by atoms with van der Waals surface area (Å²) in [5, 5.41) is 13.4. The van der Waals surface area contributed by atoms with Crippen molar-refractivity contribution in [3.05, 3.63) is 40.5 Å². The zero-order chi connectivity index (χ0) is 14.5. The summed E-state index contributed by atoms with van der Waals surface area (Å²) in [5.74, 6) is -0.814. The maximum absolute atomic E-state index is 11.1. The second-order valence-electron chi connectivity index (χ2n) is 4.64. The van der Waals surface area contributed by atoms with Gasteiger partial charge in [0.15, 0.2) is 0 Å². The van der Waals surface area contributed by atoms with E-state index in [9.17, 15) is 4.79 Å². The topological polar surface area (TPSA) is 62.2 Å². The second kappa shape index (κ2) is 6.81. The third kappa shape index (κ3) is 3.35. The van der Waals surface area contributed by atoms with Gasteiger partial charge in [0.1, 0.15) is 0 Å². The number of carbonyl (C=O) groups is 1. The fraction of sp³-hybridized carbons (Fsp3) is 0.333. The van der Waals surface area contributed by atoms with Crippen molar-refractivity contribution >= 4 is 32.8 Å². The standard InChI is InChI=1S/C15H17BrN2O2/c1-2-7-17-13(9-14(19)20)11-5-6-12(16)10-4-3-8-18-15(10)11/h3-6,8,13,17H,2,7,9H2,1H3,(H,19,20). The summed E-state index contributed by atoms with van der Waals surface area (Å²) in [6.45, 7) is 2.84. The van der Waals surface area contributed by atoms with Crippen LogP contribution in [0.3, 0.4) is 0 Å². The lowest BCUT2D eigenvalue weighted by atomic mass is 10.00. The molecule has 0 spiro atoms. The summed E-state index contributed by atoms with van der Waals surface area (Å²) in [7, 11) is 0. The molecule has 2 rings (SSSR count). The van der Waals surface area contributed by atoms with E-state index >= 15 is 0 Å². The summed E-state index contributed by atoms with van der Waals surface area (Å²) >= 11 is 3.51. The normalized spacial score (nSPS) is 12.5. The first kappa shape index (κ1) is 14.9. The van der Waals surface area contributed by atoms with Crippen molar-refractivity contribution < 1.29 is 9.90 Å². The van der Waals surface area contributed by atoms with Gasteiger partial charge in [0.05, 0.1) is 11.9 Å². The number of hydrogen-bond acceptors (Lipinski definition) is 3. The minimum absolute atomic E-state index is 0.0489. The summed E-state index contributed by atoms with van der Waals surface area (Å²) in [4.78, 5) is 15.5. The smallest absolute Gasteiger partial charge is 0.305 e. The Morgan fingerprint density at radius 1 is 1.45 bits per heavy atom. The Hall–Kier alpha value is -1.46. The Kier molecular flexibility index (Phi) is 5.09. The average Bonchev–Trinajstić information content (AvgIpc) is 2.44. The molecule has 0 aliphatic rings. The van der Waals surface area contributed by atoms with Crippen LogP contribution in [0.5, 0.6) is 0 Å². The Labute approximate surface area is 126 Å². The second-order valence-corrected chi connectivity index (χ2v) is 5.50. The van der Waals surface area contributed by atoms with Crippen LogP contribution in [0.2, 0.25) is 0 Å². The number of halogens is 1. The summed E-state index contributed by atoms with van der Waals surface area (Å²) in [6, 6.07) is 7.52. The van der Waals surface area contributed by atoms with Crippen molar-refractivity contribution in [3.8, 4) is 0 Å². The Morgan fingerprint density at radius 2 is 2.25 bits per heavy atom. The van der Waals surface area contributed by atoms with Crippen LogP contribution in [0.15, 0.2) is 34.9 Å². The highest BCUT2D eigenvalue weighted by Crippen LogP contribution is 2.30. The molecule has 0 fully saturated rings. The first-order chi connectivity index (χ1) is 9.63. The van der Waals surface area contributed by atoms with Crippen LogP contribution in [-0.2, 0) is 4.79 Å². The van der Waals surface area contributed by atoms with Gasteiger partial charge in [-0.2, -0.15) is 0 Å². The largest absolute Gasteiger partial charge is 0.481 e. The number of rotatable bonds is 6. The Morgan fingerprint density at radius 3 is 2.95 bits per heavy atom.